The first-order chi connectivity index (χ1) is 20.8. The Morgan fingerprint density at radius 3 is 1.20 bits per heavy atom. The van der Waals surface area contributed by atoms with Gasteiger partial charge in [0, 0.05) is 24.2 Å². The summed E-state index contributed by atoms with van der Waals surface area (Å²) in [5, 5.41) is 0. The van der Waals surface area contributed by atoms with Gasteiger partial charge in [-0.2, -0.15) is 13.3 Å². The van der Waals surface area contributed by atoms with E-state index >= 15 is 0 Å². The first kappa shape index (κ1) is 38.6. The second kappa shape index (κ2) is 19.8. The number of aryl methyl sites for hydroxylation is 2. The van der Waals surface area contributed by atoms with E-state index in [9.17, 15) is 0 Å². The van der Waals surface area contributed by atoms with Crippen LogP contribution in [0.15, 0.2) is 111 Å². The molecule has 8 nitrogen and oxygen atoms in total. The normalized spacial score (nSPS) is 13.2. The van der Waals surface area contributed by atoms with Gasteiger partial charge in [0.2, 0.25) is 12.7 Å². The molecule has 0 spiro atoms. The molecule has 2 aromatic heterocycles. The van der Waals surface area contributed by atoms with Crippen molar-refractivity contribution in [2.75, 3.05) is 14.1 Å². The van der Waals surface area contributed by atoms with Crippen molar-refractivity contribution in [2.24, 2.45) is 14.1 Å². The fraction of sp³-hybridized carbons (Fsp3) is 0.250. The number of imidazole rings is 2. The Bertz CT molecular complexity index is 1380. The van der Waals surface area contributed by atoms with Gasteiger partial charge < -0.3 is 44.4 Å². The molecule has 0 fully saturated rings. The SMILES string of the molecule is CN1C=CN(Cc2ccccc2CN2C=CN(C)[CH-]2)[CH-]1.C[n+]1ccn(Cc2ccccc2Cn2cc[n+](C)c2)c1.[Cl-].[Cl-].[Cl][Pt+2][Cl]. The number of aromatic nitrogens is 4. The average Bonchev–Trinajstić information content (AvgIpc) is 3.78. The minimum atomic E-state index is -0.472. The molecule has 0 unspecified atom stereocenters. The molecule has 0 saturated carbocycles. The third kappa shape index (κ3) is 12.6. The molecule has 0 N–H and O–H groups in total. The fourth-order valence-corrected chi connectivity index (χ4v) is 4.90. The Morgan fingerprint density at radius 1 is 0.600 bits per heavy atom. The molecular formula is C32H40Cl4N8Pt. The van der Waals surface area contributed by atoms with E-state index in [1.54, 1.807) is 0 Å². The van der Waals surface area contributed by atoms with Gasteiger partial charge in [0.05, 0.1) is 14.1 Å². The maximum atomic E-state index is 4.88. The second-order valence-electron chi connectivity index (χ2n) is 10.6. The summed E-state index contributed by atoms with van der Waals surface area (Å²) >= 11 is -0.472. The van der Waals surface area contributed by atoms with Crippen LogP contribution in [-0.2, 0) is 56.8 Å². The molecule has 45 heavy (non-hydrogen) atoms. The molecule has 2 aliphatic rings. The van der Waals surface area contributed by atoms with Crippen LogP contribution in [0.25, 0.3) is 0 Å². The van der Waals surface area contributed by atoms with Crippen LogP contribution in [0.3, 0.4) is 0 Å². The van der Waals surface area contributed by atoms with Crippen LogP contribution in [-0.4, -0.2) is 42.8 Å². The molecule has 0 atom stereocenters. The Balaban J connectivity index is 0.000000277. The minimum absolute atomic E-state index is 0. The van der Waals surface area contributed by atoms with Crippen molar-refractivity contribution in [3.63, 3.8) is 0 Å². The van der Waals surface area contributed by atoms with E-state index in [0.717, 1.165) is 26.2 Å². The number of rotatable bonds is 8. The van der Waals surface area contributed by atoms with Crippen molar-refractivity contribution in [1.82, 2.24) is 28.7 Å². The third-order valence-electron chi connectivity index (χ3n) is 6.94. The van der Waals surface area contributed by atoms with Crippen molar-refractivity contribution in [3.05, 3.63) is 146 Å². The fourth-order valence-electron chi connectivity index (χ4n) is 4.90. The molecule has 0 aliphatic carbocycles. The van der Waals surface area contributed by atoms with Gasteiger partial charge in [-0.05, 0) is 50.0 Å². The predicted molar refractivity (Wildman–Crippen MR) is 168 cm³/mol. The maximum absolute atomic E-state index is 4.88. The van der Waals surface area contributed by atoms with Gasteiger partial charge >= 0.3 is 35.3 Å². The summed E-state index contributed by atoms with van der Waals surface area (Å²) < 4.78 is 8.53. The summed E-state index contributed by atoms with van der Waals surface area (Å²) in [4.78, 5) is 8.53. The standard InChI is InChI=1S/2C16H20N4.4ClH.Pt/c2*1-17-7-9-19(13-17)11-15-5-3-4-6-16(15)12-20-10-8-18(2)14-20;;;;;/h2*3-10,13-14H,11-12H2,1-2H3;4*1H;/q-2;+2;;;;;+4/p-4. The van der Waals surface area contributed by atoms with E-state index in [1.807, 2.05) is 28.2 Å². The van der Waals surface area contributed by atoms with Crippen LogP contribution in [0.4, 0.5) is 0 Å². The molecule has 4 aromatic rings. The van der Waals surface area contributed by atoms with Gasteiger partial charge in [0.25, 0.3) is 0 Å². The molecule has 0 saturated heterocycles. The van der Waals surface area contributed by atoms with Gasteiger partial charge in [-0.1, -0.05) is 48.5 Å². The Labute approximate surface area is 297 Å². The van der Waals surface area contributed by atoms with Crippen LogP contribution >= 0.6 is 18.8 Å². The van der Waals surface area contributed by atoms with Gasteiger partial charge in [-0.15, -0.1) is 0 Å². The Morgan fingerprint density at radius 2 is 0.933 bits per heavy atom. The van der Waals surface area contributed by atoms with E-state index in [2.05, 4.69) is 162 Å². The van der Waals surface area contributed by atoms with Crippen molar-refractivity contribution in [2.45, 2.75) is 26.2 Å². The number of hydrogen-bond donors (Lipinski definition) is 0. The van der Waals surface area contributed by atoms with Crippen molar-refractivity contribution in [3.8, 4) is 0 Å². The predicted octanol–water partition coefficient (Wildman–Crippen LogP) is -1.22. The summed E-state index contributed by atoms with van der Waals surface area (Å²) in [6.45, 7) is 7.84. The molecule has 4 heterocycles. The van der Waals surface area contributed by atoms with Gasteiger partial charge in [-0.25, -0.2) is 18.3 Å². The van der Waals surface area contributed by atoms with Crippen LogP contribution in [0.2, 0.25) is 0 Å². The second-order valence-corrected chi connectivity index (χ2v) is 13.9. The summed E-state index contributed by atoms with van der Waals surface area (Å²) in [5.74, 6) is 0. The van der Waals surface area contributed by atoms with E-state index in [1.165, 1.54) is 22.3 Å². The van der Waals surface area contributed by atoms with Gasteiger partial charge in [-0.3, -0.25) is 0 Å². The van der Waals surface area contributed by atoms with Crippen molar-refractivity contribution < 1.29 is 50.4 Å². The zero-order valence-corrected chi connectivity index (χ0v) is 31.1. The molecule has 0 radical (unpaired) electrons. The van der Waals surface area contributed by atoms with Crippen LogP contribution in [0, 0.1) is 13.3 Å². The van der Waals surface area contributed by atoms with Crippen LogP contribution < -0.4 is 33.9 Å². The summed E-state index contributed by atoms with van der Waals surface area (Å²) in [6, 6.07) is 17.3. The molecule has 13 heteroatoms. The third-order valence-corrected chi connectivity index (χ3v) is 6.94. The zero-order valence-electron chi connectivity index (χ0n) is 25.8. The quantitative estimate of drug-likeness (QED) is 0.165. The van der Waals surface area contributed by atoms with Crippen LogP contribution in [0.5, 0.6) is 0 Å². The first-order valence-electron chi connectivity index (χ1n) is 13.8. The summed E-state index contributed by atoms with van der Waals surface area (Å²) in [6.07, 6.45) is 20.9. The van der Waals surface area contributed by atoms with Gasteiger partial charge in [0.1, 0.15) is 37.9 Å². The molecule has 2 aliphatic heterocycles. The van der Waals surface area contributed by atoms with Crippen molar-refractivity contribution >= 4 is 18.8 Å². The molecule has 2 aromatic carbocycles. The Hall–Kier alpha value is -2.61. The van der Waals surface area contributed by atoms with Crippen molar-refractivity contribution in [1.29, 1.82) is 0 Å². The zero-order chi connectivity index (χ0) is 30.6. The summed E-state index contributed by atoms with van der Waals surface area (Å²) in [5.41, 5.74) is 5.44. The topological polar surface area (TPSA) is 30.6 Å². The van der Waals surface area contributed by atoms with E-state index in [-0.39, 0.29) is 24.8 Å². The average molecular weight is 874 g/mol. The monoisotopic (exact) mass is 871 g/mol. The van der Waals surface area contributed by atoms with E-state index in [4.69, 9.17) is 18.8 Å². The van der Waals surface area contributed by atoms with Gasteiger partial charge in [0.15, 0.2) is 0 Å². The summed E-state index contributed by atoms with van der Waals surface area (Å²) in [7, 11) is 17.9. The molecular weight excluding hydrogens is 833 g/mol. The number of nitrogens with zero attached hydrogens (tertiary/aromatic N) is 8. The van der Waals surface area contributed by atoms with Crippen LogP contribution in [0.1, 0.15) is 22.3 Å². The number of halogens is 4. The first-order valence-corrected chi connectivity index (χ1v) is 19.5. The molecule has 6 rings (SSSR count). The molecule has 246 valence electrons. The van der Waals surface area contributed by atoms with E-state index in [0.29, 0.717) is 0 Å². The number of hydrogen-bond acceptors (Lipinski definition) is 4. The molecule has 0 bridgehead atoms. The van der Waals surface area contributed by atoms with E-state index < -0.39 is 16.5 Å². The number of benzene rings is 2. The Kier molecular flexibility index (Phi) is 17.0. The molecule has 0 amide bonds.